The highest BCUT2D eigenvalue weighted by Gasteiger charge is 2.45. The summed E-state index contributed by atoms with van der Waals surface area (Å²) in [5, 5.41) is 1.37. The Morgan fingerprint density at radius 1 is 0.833 bits per heavy atom. The van der Waals surface area contributed by atoms with Crippen LogP contribution in [0.15, 0.2) is 108 Å². The van der Waals surface area contributed by atoms with Gasteiger partial charge in [-0.3, -0.25) is 0 Å². The SMILES string of the molecule is Cc1cccc(-n2c3c(c4cc(-c5ccccc5C5=CC=CC=C6CCCC65C(C)C)ccc42)CCCCC=C=C3)c1. The normalized spacial score (nSPS) is 20.0. The van der Waals surface area contributed by atoms with Crippen molar-refractivity contribution >= 4 is 22.6 Å². The minimum atomic E-state index is 0.100. The molecule has 1 heterocycles. The van der Waals surface area contributed by atoms with Crippen LogP contribution < -0.4 is 0 Å². The Bertz CT molecular complexity index is 1830. The third-order valence-corrected chi connectivity index (χ3v) is 9.99. The average molecular weight is 548 g/mol. The summed E-state index contributed by atoms with van der Waals surface area (Å²) in [5.41, 5.74) is 17.2. The van der Waals surface area contributed by atoms with Crippen LogP contribution >= 0.6 is 0 Å². The predicted octanol–water partition coefficient (Wildman–Crippen LogP) is 11.2. The molecule has 0 aliphatic heterocycles. The molecule has 0 spiro atoms. The molecule has 1 aromatic heterocycles. The molecule has 3 aromatic carbocycles. The van der Waals surface area contributed by atoms with Crippen LogP contribution in [0.1, 0.15) is 74.8 Å². The fourth-order valence-corrected chi connectivity index (χ4v) is 8.00. The number of hydrogen-bond donors (Lipinski definition) is 0. The Labute approximate surface area is 251 Å². The van der Waals surface area contributed by atoms with E-state index in [9.17, 15) is 0 Å². The first-order valence-corrected chi connectivity index (χ1v) is 15.9. The summed E-state index contributed by atoms with van der Waals surface area (Å²) in [5.74, 6) is 0.541. The predicted molar refractivity (Wildman–Crippen MR) is 180 cm³/mol. The van der Waals surface area contributed by atoms with Crippen molar-refractivity contribution in [3.8, 4) is 16.8 Å². The molecule has 1 fully saturated rings. The standard InChI is InChI=1S/C41H41N/c1-29(2)41-26-14-17-32(41)16-9-12-22-38(41)35-20-11-10-19-34(35)31-24-25-40-37(28-31)36-21-7-5-4-6-8-23-39(36)42(40)33-18-13-15-30(3)27-33/h6,9-13,15-16,18-20,22-25,27-29H,4-5,7,14,17,21,26H2,1-3H3. The van der Waals surface area contributed by atoms with Crippen molar-refractivity contribution < 1.29 is 0 Å². The molecule has 0 radical (unpaired) electrons. The number of hydrogen-bond acceptors (Lipinski definition) is 0. The van der Waals surface area contributed by atoms with Gasteiger partial charge in [-0.1, -0.05) is 86.2 Å². The van der Waals surface area contributed by atoms with Gasteiger partial charge in [0.1, 0.15) is 0 Å². The van der Waals surface area contributed by atoms with Gasteiger partial charge in [0.15, 0.2) is 0 Å². The monoisotopic (exact) mass is 547 g/mol. The highest BCUT2D eigenvalue weighted by atomic mass is 15.0. The molecule has 7 rings (SSSR count). The summed E-state index contributed by atoms with van der Waals surface area (Å²) < 4.78 is 2.46. The number of benzene rings is 3. The third-order valence-electron chi connectivity index (χ3n) is 9.99. The van der Waals surface area contributed by atoms with Gasteiger partial charge in [0.25, 0.3) is 0 Å². The molecule has 0 N–H and O–H groups in total. The molecule has 1 atom stereocenters. The van der Waals surface area contributed by atoms with Gasteiger partial charge in [0.2, 0.25) is 0 Å². The van der Waals surface area contributed by atoms with Crippen molar-refractivity contribution in [3.05, 3.63) is 131 Å². The van der Waals surface area contributed by atoms with E-state index in [1.807, 2.05) is 0 Å². The summed E-state index contributed by atoms with van der Waals surface area (Å²) in [4.78, 5) is 0. The fourth-order valence-electron chi connectivity index (χ4n) is 8.00. The summed E-state index contributed by atoms with van der Waals surface area (Å²) in [6.07, 6.45) is 22.0. The quantitative estimate of drug-likeness (QED) is 0.224. The third kappa shape index (κ3) is 4.39. The molecule has 0 saturated heterocycles. The first-order valence-electron chi connectivity index (χ1n) is 15.9. The Morgan fingerprint density at radius 3 is 2.55 bits per heavy atom. The highest BCUT2D eigenvalue weighted by Crippen LogP contribution is 2.58. The van der Waals surface area contributed by atoms with Gasteiger partial charge in [-0.15, -0.1) is 5.73 Å². The molecule has 1 unspecified atom stereocenters. The van der Waals surface area contributed by atoms with Gasteiger partial charge in [0.05, 0.1) is 11.2 Å². The van der Waals surface area contributed by atoms with E-state index in [0.29, 0.717) is 5.92 Å². The van der Waals surface area contributed by atoms with Crippen molar-refractivity contribution in [1.29, 1.82) is 0 Å². The van der Waals surface area contributed by atoms with Gasteiger partial charge in [-0.2, -0.15) is 0 Å². The zero-order valence-corrected chi connectivity index (χ0v) is 25.3. The van der Waals surface area contributed by atoms with Crippen LogP contribution in [0, 0.1) is 18.3 Å². The zero-order valence-electron chi connectivity index (χ0n) is 25.3. The van der Waals surface area contributed by atoms with Crippen LogP contribution in [-0.4, -0.2) is 4.57 Å². The zero-order chi connectivity index (χ0) is 28.7. The van der Waals surface area contributed by atoms with Gasteiger partial charge < -0.3 is 4.57 Å². The van der Waals surface area contributed by atoms with Crippen molar-refractivity contribution in [2.75, 3.05) is 0 Å². The van der Waals surface area contributed by atoms with Gasteiger partial charge >= 0.3 is 0 Å². The van der Waals surface area contributed by atoms with E-state index >= 15 is 0 Å². The fraction of sp³-hybridized carbons (Fsp3) is 0.293. The Kier molecular flexibility index (Phi) is 7.01. The van der Waals surface area contributed by atoms with Crippen LogP contribution in [0.4, 0.5) is 0 Å². The van der Waals surface area contributed by atoms with E-state index < -0.39 is 0 Å². The number of nitrogens with zero attached hydrogens (tertiary/aromatic N) is 1. The number of aryl methyl sites for hydroxylation is 2. The van der Waals surface area contributed by atoms with Gasteiger partial charge in [-0.25, -0.2) is 0 Å². The second-order valence-corrected chi connectivity index (χ2v) is 12.7. The van der Waals surface area contributed by atoms with Crippen molar-refractivity contribution in [1.82, 2.24) is 4.57 Å². The number of allylic oxidation sites excluding steroid dienone is 7. The highest BCUT2D eigenvalue weighted by molar-refractivity contribution is 5.95. The number of rotatable bonds is 4. The molecule has 3 aliphatic carbocycles. The first kappa shape index (κ1) is 26.8. The molecular weight excluding hydrogens is 506 g/mol. The lowest BCUT2D eigenvalue weighted by Crippen LogP contribution is -2.27. The van der Waals surface area contributed by atoms with Crippen LogP contribution in [0.2, 0.25) is 0 Å². The molecule has 210 valence electrons. The Hall–Kier alpha value is -4.06. The van der Waals surface area contributed by atoms with E-state index in [1.54, 1.807) is 5.57 Å². The lowest BCUT2D eigenvalue weighted by atomic mass is 9.65. The maximum Gasteiger partial charge on any atom is 0.0577 e. The van der Waals surface area contributed by atoms with Gasteiger partial charge in [0, 0.05) is 22.6 Å². The lowest BCUT2D eigenvalue weighted by Gasteiger charge is -2.38. The average Bonchev–Trinajstić information content (AvgIpc) is 3.53. The molecule has 1 heteroatoms. The molecule has 4 aromatic rings. The lowest BCUT2D eigenvalue weighted by molar-refractivity contribution is 0.349. The van der Waals surface area contributed by atoms with E-state index in [4.69, 9.17) is 0 Å². The molecule has 0 bridgehead atoms. The minimum Gasteiger partial charge on any atom is -0.309 e. The second kappa shape index (κ2) is 11.0. The summed E-state index contributed by atoms with van der Waals surface area (Å²) in [6.45, 7) is 7.02. The topological polar surface area (TPSA) is 4.93 Å². The summed E-state index contributed by atoms with van der Waals surface area (Å²) >= 11 is 0. The van der Waals surface area contributed by atoms with Crippen molar-refractivity contribution in [2.45, 2.75) is 65.7 Å². The summed E-state index contributed by atoms with van der Waals surface area (Å²) in [6, 6.07) is 25.2. The molecule has 0 amide bonds. The summed E-state index contributed by atoms with van der Waals surface area (Å²) in [7, 11) is 0. The van der Waals surface area contributed by atoms with E-state index in [0.717, 1.165) is 12.8 Å². The maximum absolute atomic E-state index is 3.52. The van der Waals surface area contributed by atoms with Crippen LogP contribution in [0.25, 0.3) is 39.4 Å². The number of aromatic nitrogens is 1. The molecular formula is C41H41N. The smallest absolute Gasteiger partial charge is 0.0577 e. The molecule has 3 aliphatic rings. The van der Waals surface area contributed by atoms with Crippen LogP contribution in [0.5, 0.6) is 0 Å². The Balaban J connectivity index is 1.45. The van der Waals surface area contributed by atoms with Crippen LogP contribution in [0.3, 0.4) is 0 Å². The molecule has 1 nitrogen and oxygen atoms in total. The largest absolute Gasteiger partial charge is 0.309 e. The first-order chi connectivity index (χ1) is 20.6. The maximum atomic E-state index is 3.52. The second-order valence-electron chi connectivity index (χ2n) is 12.7. The molecule has 1 saturated carbocycles. The Morgan fingerprint density at radius 2 is 1.69 bits per heavy atom. The molecule has 42 heavy (non-hydrogen) atoms. The van der Waals surface area contributed by atoms with Crippen molar-refractivity contribution in [3.63, 3.8) is 0 Å². The van der Waals surface area contributed by atoms with E-state index in [-0.39, 0.29) is 5.41 Å². The number of fused-ring (bicyclic) bond motifs is 4. The van der Waals surface area contributed by atoms with E-state index in [2.05, 4.69) is 134 Å². The van der Waals surface area contributed by atoms with Gasteiger partial charge in [-0.05, 0) is 122 Å². The van der Waals surface area contributed by atoms with Crippen molar-refractivity contribution in [2.24, 2.45) is 11.3 Å². The van der Waals surface area contributed by atoms with Crippen LogP contribution in [-0.2, 0) is 6.42 Å². The van der Waals surface area contributed by atoms with E-state index in [1.165, 1.54) is 87.8 Å². The minimum absolute atomic E-state index is 0.100.